The molecule has 0 aromatic heterocycles. The Kier molecular flexibility index (Phi) is 3.52. The van der Waals surface area contributed by atoms with Crippen molar-refractivity contribution in [2.45, 2.75) is 13.8 Å². The summed E-state index contributed by atoms with van der Waals surface area (Å²) in [4.78, 5) is 12.6. The summed E-state index contributed by atoms with van der Waals surface area (Å²) < 4.78 is 5.77. The lowest BCUT2D eigenvalue weighted by molar-refractivity contribution is 0.100. The van der Waals surface area contributed by atoms with Crippen LogP contribution in [0.5, 0.6) is 5.75 Å². The Balaban J connectivity index is 1.98. The van der Waals surface area contributed by atoms with Crippen LogP contribution in [-0.2, 0) is 0 Å². The van der Waals surface area contributed by atoms with Gasteiger partial charge in [-0.1, -0.05) is 18.2 Å². The lowest BCUT2D eigenvalue weighted by atomic mass is 9.94. The van der Waals surface area contributed by atoms with Crippen molar-refractivity contribution in [3.05, 3.63) is 69.8 Å². The van der Waals surface area contributed by atoms with E-state index in [0.717, 1.165) is 16.7 Å². The number of ether oxygens (including phenoxy) is 1. The van der Waals surface area contributed by atoms with Crippen LogP contribution < -0.4 is 4.74 Å². The van der Waals surface area contributed by atoms with Crippen LogP contribution >= 0.6 is 0 Å². The van der Waals surface area contributed by atoms with E-state index in [0.29, 0.717) is 22.4 Å². The maximum Gasteiger partial charge on any atom is 0.196 e. The van der Waals surface area contributed by atoms with Gasteiger partial charge in [0.1, 0.15) is 12.4 Å². The van der Waals surface area contributed by atoms with Crippen LogP contribution in [-0.4, -0.2) is 12.4 Å². The molecular weight excluding hydrogens is 274 g/mol. The average molecular weight is 289 g/mol. The maximum atomic E-state index is 12.6. The fourth-order valence-corrected chi connectivity index (χ4v) is 2.67. The van der Waals surface area contributed by atoms with Crippen molar-refractivity contribution >= 4 is 11.9 Å². The number of benzene rings is 2. The topological polar surface area (TPSA) is 50.1 Å². The summed E-state index contributed by atoms with van der Waals surface area (Å²) in [5, 5.41) is 8.81. The first-order valence-corrected chi connectivity index (χ1v) is 7.08. The Morgan fingerprint density at radius 2 is 1.91 bits per heavy atom. The first-order chi connectivity index (χ1) is 10.6. The maximum absolute atomic E-state index is 12.6. The monoisotopic (exact) mass is 289 g/mol. The molecule has 2 aromatic carbocycles. The molecule has 0 fully saturated rings. The van der Waals surface area contributed by atoms with E-state index >= 15 is 0 Å². The Labute approximate surface area is 129 Å². The van der Waals surface area contributed by atoms with Gasteiger partial charge in [-0.3, -0.25) is 4.79 Å². The molecule has 22 heavy (non-hydrogen) atoms. The van der Waals surface area contributed by atoms with Crippen LogP contribution in [0, 0.1) is 25.2 Å². The number of carbonyl (C=O) groups is 1. The van der Waals surface area contributed by atoms with E-state index in [1.54, 1.807) is 12.1 Å². The van der Waals surface area contributed by atoms with Crippen molar-refractivity contribution in [1.29, 1.82) is 5.26 Å². The third kappa shape index (κ3) is 2.51. The molecule has 2 aromatic rings. The van der Waals surface area contributed by atoms with Crippen molar-refractivity contribution < 1.29 is 9.53 Å². The van der Waals surface area contributed by atoms with Gasteiger partial charge >= 0.3 is 0 Å². The molecule has 0 bridgehead atoms. The summed E-state index contributed by atoms with van der Waals surface area (Å²) in [7, 11) is 0. The number of aryl methyl sites for hydroxylation is 2. The van der Waals surface area contributed by atoms with Gasteiger partial charge in [-0.2, -0.15) is 5.26 Å². The van der Waals surface area contributed by atoms with E-state index in [1.165, 1.54) is 0 Å². The molecule has 108 valence electrons. The van der Waals surface area contributed by atoms with E-state index in [4.69, 9.17) is 10.00 Å². The van der Waals surface area contributed by atoms with Gasteiger partial charge in [0.05, 0.1) is 17.2 Å². The van der Waals surface area contributed by atoms with Crippen molar-refractivity contribution in [2.24, 2.45) is 0 Å². The molecule has 1 aliphatic rings. The highest BCUT2D eigenvalue weighted by Crippen LogP contribution is 2.32. The summed E-state index contributed by atoms with van der Waals surface area (Å²) in [5.41, 5.74) is 4.78. The number of hydrogen-bond donors (Lipinski definition) is 0. The second kappa shape index (κ2) is 5.50. The summed E-state index contributed by atoms with van der Waals surface area (Å²) >= 11 is 0. The van der Waals surface area contributed by atoms with Gasteiger partial charge in [0, 0.05) is 5.57 Å². The first kappa shape index (κ1) is 14.1. The van der Waals surface area contributed by atoms with Crippen molar-refractivity contribution in [2.75, 3.05) is 6.61 Å². The quantitative estimate of drug-likeness (QED) is 0.750. The molecule has 0 spiro atoms. The first-order valence-electron chi connectivity index (χ1n) is 7.08. The van der Waals surface area contributed by atoms with E-state index in [-0.39, 0.29) is 12.4 Å². The Hall–Kier alpha value is -2.86. The number of nitriles is 1. The molecule has 0 radical (unpaired) electrons. The minimum Gasteiger partial charge on any atom is -0.488 e. The number of nitrogens with zero attached hydrogens (tertiary/aromatic N) is 1. The third-order valence-corrected chi connectivity index (χ3v) is 3.71. The smallest absolute Gasteiger partial charge is 0.196 e. The van der Waals surface area contributed by atoms with Crippen molar-refractivity contribution in [1.82, 2.24) is 0 Å². The van der Waals surface area contributed by atoms with Crippen LogP contribution in [0.4, 0.5) is 0 Å². The van der Waals surface area contributed by atoms with E-state index < -0.39 is 0 Å². The van der Waals surface area contributed by atoms with Crippen molar-refractivity contribution in [3.63, 3.8) is 0 Å². The third-order valence-electron chi connectivity index (χ3n) is 3.71. The summed E-state index contributed by atoms with van der Waals surface area (Å²) in [6.07, 6.45) is 1.82. The number of fused-ring (bicyclic) bond motifs is 1. The van der Waals surface area contributed by atoms with Gasteiger partial charge < -0.3 is 4.74 Å². The molecule has 0 saturated carbocycles. The normalized spacial score (nSPS) is 15.1. The molecule has 1 heterocycles. The second-order valence-electron chi connectivity index (χ2n) is 5.48. The number of ketones is 1. The van der Waals surface area contributed by atoms with E-state index in [9.17, 15) is 4.79 Å². The summed E-state index contributed by atoms with van der Waals surface area (Å²) in [6.45, 7) is 4.20. The Bertz CT molecular complexity index is 824. The highest BCUT2D eigenvalue weighted by molar-refractivity contribution is 6.14. The highest BCUT2D eigenvalue weighted by atomic mass is 16.5. The largest absolute Gasteiger partial charge is 0.488 e. The predicted molar refractivity (Wildman–Crippen MR) is 84.9 cm³/mol. The molecule has 0 atom stereocenters. The van der Waals surface area contributed by atoms with E-state index in [2.05, 4.69) is 6.07 Å². The zero-order valence-corrected chi connectivity index (χ0v) is 12.5. The Morgan fingerprint density at radius 3 is 2.59 bits per heavy atom. The van der Waals surface area contributed by atoms with Crippen LogP contribution in [0.3, 0.4) is 0 Å². The lowest BCUT2D eigenvalue weighted by Crippen LogP contribution is -2.20. The molecule has 0 amide bonds. The zero-order chi connectivity index (χ0) is 15.7. The standard InChI is InChI=1S/C19H15NO2/c1-12-7-13(2)19-17(8-12)18(21)16(11-22-19)9-14-3-5-15(10-20)6-4-14/h3-9H,11H2,1-2H3/b16-9-. The number of hydrogen-bond acceptors (Lipinski definition) is 3. The van der Waals surface area contributed by atoms with E-state index in [1.807, 2.05) is 44.2 Å². The van der Waals surface area contributed by atoms with Gasteiger partial charge in [0.2, 0.25) is 0 Å². The molecule has 3 nitrogen and oxygen atoms in total. The minimum absolute atomic E-state index is 0.0115. The fourth-order valence-electron chi connectivity index (χ4n) is 2.67. The molecule has 0 saturated heterocycles. The van der Waals surface area contributed by atoms with Gasteiger partial charge in [0.25, 0.3) is 0 Å². The fraction of sp³-hybridized carbons (Fsp3) is 0.158. The molecule has 0 N–H and O–H groups in total. The van der Waals surface area contributed by atoms with Gasteiger partial charge in [-0.05, 0) is 54.8 Å². The molecule has 0 aliphatic carbocycles. The van der Waals surface area contributed by atoms with Gasteiger partial charge in [-0.25, -0.2) is 0 Å². The Morgan fingerprint density at radius 1 is 1.18 bits per heavy atom. The summed E-state index contributed by atoms with van der Waals surface area (Å²) in [5.74, 6) is 0.699. The number of rotatable bonds is 1. The van der Waals surface area contributed by atoms with Crippen LogP contribution in [0.2, 0.25) is 0 Å². The van der Waals surface area contributed by atoms with Crippen LogP contribution in [0.25, 0.3) is 6.08 Å². The zero-order valence-electron chi connectivity index (χ0n) is 12.5. The highest BCUT2D eigenvalue weighted by Gasteiger charge is 2.24. The van der Waals surface area contributed by atoms with Gasteiger partial charge in [0.15, 0.2) is 5.78 Å². The van der Waals surface area contributed by atoms with Crippen LogP contribution in [0.1, 0.15) is 32.6 Å². The molecule has 3 heteroatoms. The lowest BCUT2D eigenvalue weighted by Gasteiger charge is -2.21. The average Bonchev–Trinajstić information content (AvgIpc) is 2.51. The summed E-state index contributed by atoms with van der Waals surface area (Å²) in [6, 6.07) is 13.1. The minimum atomic E-state index is 0.0115. The SMILES string of the molecule is Cc1cc(C)c2c(c1)C(=O)/C(=C\c1ccc(C#N)cc1)CO2. The molecule has 3 rings (SSSR count). The molecular formula is C19H15NO2. The molecule has 1 aliphatic heterocycles. The van der Waals surface area contributed by atoms with Gasteiger partial charge in [-0.15, -0.1) is 0 Å². The molecule has 0 unspecified atom stereocenters. The number of Topliss-reactive ketones (excluding diaryl/α,β-unsaturated/α-hetero) is 1. The van der Waals surface area contributed by atoms with Crippen LogP contribution in [0.15, 0.2) is 42.0 Å². The number of carbonyl (C=O) groups excluding carboxylic acids is 1. The predicted octanol–water partition coefficient (Wildman–Crippen LogP) is 3.83. The van der Waals surface area contributed by atoms with Crippen molar-refractivity contribution in [3.8, 4) is 11.8 Å². The second-order valence-corrected chi connectivity index (χ2v) is 5.48.